The first-order valence-corrected chi connectivity index (χ1v) is 6.10. The first-order chi connectivity index (χ1) is 8.49. The summed E-state index contributed by atoms with van der Waals surface area (Å²) < 4.78 is 2.53. The fourth-order valence-electron chi connectivity index (χ4n) is 1.59. The van der Waals surface area contributed by atoms with Crippen LogP contribution in [-0.4, -0.2) is 34.7 Å². The van der Waals surface area contributed by atoms with Crippen LogP contribution in [0.4, 0.5) is 5.69 Å². The number of rotatable bonds is 2. The van der Waals surface area contributed by atoms with E-state index in [1.54, 1.807) is 49.4 Å². The lowest BCUT2D eigenvalue weighted by Gasteiger charge is -2.12. The van der Waals surface area contributed by atoms with Gasteiger partial charge in [-0.2, -0.15) is 5.10 Å². The molecule has 94 valence electrons. The van der Waals surface area contributed by atoms with Crippen LogP contribution in [0.15, 0.2) is 35.1 Å². The molecule has 1 aromatic heterocycles. The highest BCUT2D eigenvalue weighted by molar-refractivity contribution is 9.10. The topological polar surface area (TPSA) is 64.2 Å². The van der Waals surface area contributed by atoms with E-state index in [0.717, 1.165) is 10.2 Å². The van der Waals surface area contributed by atoms with Crippen LogP contribution in [0, 0.1) is 0 Å². The molecule has 0 unspecified atom stereocenters. The number of nitrogens with zero attached hydrogens (tertiary/aromatic N) is 3. The predicted octanol–water partition coefficient (Wildman–Crippen LogP) is 1.92. The van der Waals surface area contributed by atoms with E-state index in [1.165, 1.54) is 4.90 Å². The maximum Gasteiger partial charge on any atom is 0.253 e. The van der Waals surface area contributed by atoms with Crippen molar-refractivity contribution in [2.75, 3.05) is 19.8 Å². The summed E-state index contributed by atoms with van der Waals surface area (Å²) in [7, 11) is 3.41. The minimum absolute atomic E-state index is 0.0742. The molecule has 5 nitrogen and oxygen atoms in total. The summed E-state index contributed by atoms with van der Waals surface area (Å²) in [6.07, 6.45) is 3.48. The molecule has 1 heterocycles. The first-order valence-electron chi connectivity index (χ1n) is 5.31. The zero-order valence-electron chi connectivity index (χ0n) is 10.1. The van der Waals surface area contributed by atoms with Crippen molar-refractivity contribution in [2.24, 2.45) is 0 Å². The lowest BCUT2D eigenvalue weighted by Crippen LogP contribution is -2.21. The maximum atomic E-state index is 11.8. The number of carbonyl (C=O) groups is 1. The minimum Gasteiger partial charge on any atom is -0.397 e. The number of aromatic nitrogens is 2. The molecule has 0 aliphatic carbocycles. The van der Waals surface area contributed by atoms with Crippen LogP contribution in [0.1, 0.15) is 10.4 Å². The predicted molar refractivity (Wildman–Crippen MR) is 73.7 cm³/mol. The number of amides is 1. The maximum absolute atomic E-state index is 11.8. The second-order valence-electron chi connectivity index (χ2n) is 4.08. The molecule has 2 aromatic rings. The Morgan fingerprint density at radius 1 is 1.44 bits per heavy atom. The molecule has 18 heavy (non-hydrogen) atoms. The van der Waals surface area contributed by atoms with Crippen molar-refractivity contribution in [3.63, 3.8) is 0 Å². The van der Waals surface area contributed by atoms with E-state index in [4.69, 9.17) is 5.73 Å². The van der Waals surface area contributed by atoms with Crippen LogP contribution in [0.2, 0.25) is 0 Å². The molecule has 0 aliphatic heterocycles. The van der Waals surface area contributed by atoms with E-state index in [1.807, 2.05) is 0 Å². The van der Waals surface area contributed by atoms with E-state index in [2.05, 4.69) is 21.0 Å². The van der Waals surface area contributed by atoms with Crippen LogP contribution >= 0.6 is 15.9 Å². The van der Waals surface area contributed by atoms with Gasteiger partial charge in [-0.3, -0.25) is 4.79 Å². The Morgan fingerprint density at radius 3 is 2.67 bits per heavy atom. The normalized spacial score (nSPS) is 10.4. The highest BCUT2D eigenvalue weighted by atomic mass is 79.9. The molecule has 2 rings (SSSR count). The van der Waals surface area contributed by atoms with Crippen LogP contribution in [0.5, 0.6) is 0 Å². The number of halogens is 1. The number of hydrogen-bond acceptors (Lipinski definition) is 3. The zero-order chi connectivity index (χ0) is 13.3. The van der Waals surface area contributed by atoms with Crippen molar-refractivity contribution >= 4 is 27.5 Å². The van der Waals surface area contributed by atoms with Gasteiger partial charge in [0.15, 0.2) is 0 Å². The third-order valence-electron chi connectivity index (χ3n) is 2.48. The highest BCUT2D eigenvalue weighted by Gasteiger charge is 2.11. The molecule has 0 radical (unpaired) electrons. The number of benzene rings is 1. The summed E-state index contributed by atoms with van der Waals surface area (Å²) in [6, 6.07) is 5.18. The second-order valence-corrected chi connectivity index (χ2v) is 4.99. The molecule has 0 spiro atoms. The molecule has 0 aliphatic rings. The molecule has 0 saturated carbocycles. The van der Waals surface area contributed by atoms with Gasteiger partial charge in [-0.15, -0.1) is 0 Å². The van der Waals surface area contributed by atoms with Crippen LogP contribution in [0.25, 0.3) is 5.69 Å². The SMILES string of the molecule is CN(C)C(=O)c1ccc(-n2cc(Br)cn2)c(N)c1. The monoisotopic (exact) mass is 308 g/mol. The van der Waals surface area contributed by atoms with E-state index in [0.29, 0.717) is 11.3 Å². The molecular weight excluding hydrogens is 296 g/mol. The van der Waals surface area contributed by atoms with Gasteiger partial charge in [-0.05, 0) is 34.1 Å². The molecule has 1 aromatic carbocycles. The summed E-state index contributed by atoms with van der Waals surface area (Å²) in [6.45, 7) is 0. The summed E-state index contributed by atoms with van der Waals surface area (Å²) in [4.78, 5) is 13.3. The average molecular weight is 309 g/mol. The van der Waals surface area contributed by atoms with Crippen molar-refractivity contribution in [1.29, 1.82) is 0 Å². The van der Waals surface area contributed by atoms with Gasteiger partial charge >= 0.3 is 0 Å². The van der Waals surface area contributed by atoms with Crippen molar-refractivity contribution in [2.45, 2.75) is 0 Å². The van der Waals surface area contributed by atoms with Gasteiger partial charge in [0.25, 0.3) is 5.91 Å². The van der Waals surface area contributed by atoms with Gasteiger partial charge in [-0.25, -0.2) is 4.68 Å². The molecule has 2 N–H and O–H groups in total. The number of nitrogen functional groups attached to an aromatic ring is 1. The van der Waals surface area contributed by atoms with Gasteiger partial charge in [0.2, 0.25) is 0 Å². The van der Waals surface area contributed by atoms with Crippen molar-refractivity contribution < 1.29 is 4.79 Å². The Morgan fingerprint density at radius 2 is 2.17 bits per heavy atom. The number of hydrogen-bond donors (Lipinski definition) is 1. The fourth-order valence-corrected chi connectivity index (χ4v) is 1.87. The van der Waals surface area contributed by atoms with Crippen molar-refractivity contribution in [3.8, 4) is 5.69 Å². The Bertz CT molecular complexity index is 592. The number of anilines is 1. The van der Waals surface area contributed by atoms with Crippen molar-refractivity contribution in [3.05, 3.63) is 40.6 Å². The summed E-state index contributed by atoms with van der Waals surface area (Å²) in [5.74, 6) is -0.0742. The van der Waals surface area contributed by atoms with Crippen molar-refractivity contribution in [1.82, 2.24) is 14.7 Å². The van der Waals surface area contributed by atoms with Crippen LogP contribution < -0.4 is 5.73 Å². The van der Waals surface area contributed by atoms with E-state index in [9.17, 15) is 4.79 Å². The van der Waals surface area contributed by atoms with Gasteiger partial charge in [0, 0.05) is 25.9 Å². The minimum atomic E-state index is -0.0742. The van der Waals surface area contributed by atoms with Gasteiger partial charge < -0.3 is 10.6 Å². The third kappa shape index (κ3) is 2.38. The molecule has 0 fully saturated rings. The second kappa shape index (κ2) is 4.81. The smallest absolute Gasteiger partial charge is 0.253 e. The zero-order valence-corrected chi connectivity index (χ0v) is 11.7. The summed E-state index contributed by atoms with van der Waals surface area (Å²) >= 11 is 3.33. The van der Waals surface area contributed by atoms with Crippen LogP contribution in [0.3, 0.4) is 0 Å². The van der Waals surface area contributed by atoms with Gasteiger partial charge in [0.1, 0.15) is 0 Å². The van der Waals surface area contributed by atoms with Gasteiger partial charge in [0.05, 0.1) is 22.0 Å². The summed E-state index contributed by atoms with van der Waals surface area (Å²) in [5.41, 5.74) is 7.77. The summed E-state index contributed by atoms with van der Waals surface area (Å²) in [5, 5.41) is 4.15. The molecule has 0 atom stereocenters. The molecule has 6 heteroatoms. The Kier molecular flexibility index (Phi) is 3.38. The lowest BCUT2D eigenvalue weighted by molar-refractivity contribution is 0.0827. The average Bonchev–Trinajstić information content (AvgIpc) is 2.74. The number of carbonyl (C=O) groups excluding carboxylic acids is 1. The quantitative estimate of drug-likeness (QED) is 0.862. The number of nitrogens with two attached hydrogens (primary N) is 1. The standard InChI is InChI=1S/C12H13BrN4O/c1-16(2)12(18)8-3-4-11(10(14)5-8)17-7-9(13)6-15-17/h3-7H,14H2,1-2H3. The largest absolute Gasteiger partial charge is 0.397 e. The Balaban J connectivity index is 2.39. The Hall–Kier alpha value is -1.82. The highest BCUT2D eigenvalue weighted by Crippen LogP contribution is 2.20. The Labute approximate surface area is 113 Å². The molecule has 0 bridgehead atoms. The first kappa shape index (κ1) is 12.6. The van der Waals surface area contributed by atoms with Crippen LogP contribution in [-0.2, 0) is 0 Å². The molecule has 0 saturated heterocycles. The lowest BCUT2D eigenvalue weighted by atomic mass is 10.1. The van der Waals surface area contributed by atoms with E-state index >= 15 is 0 Å². The fraction of sp³-hybridized carbons (Fsp3) is 0.167. The molecular formula is C12H13BrN4O. The van der Waals surface area contributed by atoms with E-state index < -0.39 is 0 Å². The molecule has 1 amide bonds. The third-order valence-corrected chi connectivity index (χ3v) is 2.89. The van der Waals surface area contributed by atoms with Gasteiger partial charge in [-0.1, -0.05) is 0 Å². The van der Waals surface area contributed by atoms with E-state index in [-0.39, 0.29) is 5.91 Å².